The lowest BCUT2D eigenvalue weighted by Crippen LogP contribution is -2.14. The summed E-state index contributed by atoms with van der Waals surface area (Å²) < 4.78 is 0. The smallest absolute Gasteiger partial charge is 0.309 e. The van der Waals surface area contributed by atoms with E-state index >= 15 is 0 Å². The van der Waals surface area contributed by atoms with Gasteiger partial charge in [0.25, 0.3) is 0 Å². The number of hydrogen-bond donors (Lipinski definition) is 2. The van der Waals surface area contributed by atoms with Crippen LogP contribution in [0.5, 0.6) is 0 Å². The lowest BCUT2D eigenvalue weighted by molar-refractivity contribution is -0.144. The molecule has 1 aromatic carbocycles. The molecule has 2 aliphatic rings. The molecule has 0 unspecified atom stereocenters. The molecule has 0 heterocycles. The van der Waals surface area contributed by atoms with Gasteiger partial charge in [-0.3, -0.25) is 9.59 Å². The van der Waals surface area contributed by atoms with E-state index in [1.54, 1.807) is 0 Å². The lowest BCUT2D eigenvalue weighted by Gasteiger charge is -2.15. The van der Waals surface area contributed by atoms with Gasteiger partial charge in [-0.05, 0) is 100 Å². The molecule has 0 atom stereocenters. The summed E-state index contributed by atoms with van der Waals surface area (Å²) in [5.74, 6) is -1.20. The van der Waals surface area contributed by atoms with Crippen LogP contribution in [0.3, 0.4) is 0 Å². The molecule has 0 aliphatic heterocycles. The fraction of sp³-hybridized carbons (Fsp3) is 0.692. The van der Waals surface area contributed by atoms with E-state index in [0.717, 1.165) is 89.9 Å². The highest BCUT2D eigenvalue weighted by Gasteiger charge is 2.49. The number of carboxylic acids is 2. The molecule has 3 rings (SSSR count). The Morgan fingerprint density at radius 1 is 0.767 bits per heavy atom. The van der Waals surface area contributed by atoms with Gasteiger partial charge in [-0.25, -0.2) is 0 Å². The van der Waals surface area contributed by atoms with E-state index in [4.69, 9.17) is 0 Å². The molecule has 0 aromatic heterocycles. The molecular formula is C26H38O4. The molecule has 2 fully saturated rings. The third kappa shape index (κ3) is 5.44. The topological polar surface area (TPSA) is 74.6 Å². The summed E-state index contributed by atoms with van der Waals surface area (Å²) in [6.45, 7) is 4.43. The molecule has 4 heteroatoms. The van der Waals surface area contributed by atoms with E-state index < -0.39 is 11.9 Å². The van der Waals surface area contributed by atoms with Crippen molar-refractivity contribution < 1.29 is 19.8 Å². The first kappa shape index (κ1) is 22.8. The average molecular weight is 415 g/mol. The fourth-order valence-electron chi connectivity index (χ4n) is 4.94. The molecule has 166 valence electrons. The summed E-state index contributed by atoms with van der Waals surface area (Å²) >= 11 is 0. The summed E-state index contributed by atoms with van der Waals surface area (Å²) in [7, 11) is 0. The Hall–Kier alpha value is -1.84. The summed E-state index contributed by atoms with van der Waals surface area (Å²) in [5.41, 5.74) is 4.92. The molecule has 2 aliphatic carbocycles. The van der Waals surface area contributed by atoms with Crippen molar-refractivity contribution in [1.82, 2.24) is 0 Å². The van der Waals surface area contributed by atoms with Crippen LogP contribution in [0.15, 0.2) is 12.1 Å². The Morgan fingerprint density at radius 2 is 1.27 bits per heavy atom. The standard InChI is InChI=1S/C26H38O4/c1-19-11-12-21(9-5-3-7-13-25(15-16-25)23(27)28)20(2)22(19)10-6-4-8-14-26(17-18-26)24(29)30/h11-12H,3-10,13-18H2,1-2H3,(H,27,28)(H,29,30). The third-order valence-corrected chi connectivity index (χ3v) is 7.74. The Kier molecular flexibility index (Phi) is 7.26. The van der Waals surface area contributed by atoms with Crippen LogP contribution in [0.1, 0.15) is 99.3 Å². The van der Waals surface area contributed by atoms with Crippen molar-refractivity contribution in [2.75, 3.05) is 0 Å². The van der Waals surface area contributed by atoms with Crippen LogP contribution in [-0.2, 0) is 22.4 Å². The van der Waals surface area contributed by atoms with Crippen molar-refractivity contribution >= 4 is 11.9 Å². The van der Waals surface area contributed by atoms with Crippen molar-refractivity contribution in [2.45, 2.75) is 104 Å². The van der Waals surface area contributed by atoms with E-state index in [0.29, 0.717) is 0 Å². The van der Waals surface area contributed by atoms with Gasteiger partial charge >= 0.3 is 11.9 Å². The highest BCUT2D eigenvalue weighted by Crippen LogP contribution is 2.50. The molecule has 30 heavy (non-hydrogen) atoms. The minimum Gasteiger partial charge on any atom is -0.481 e. The fourth-order valence-corrected chi connectivity index (χ4v) is 4.94. The van der Waals surface area contributed by atoms with Crippen molar-refractivity contribution in [3.8, 4) is 0 Å². The molecule has 1 aromatic rings. The number of rotatable bonds is 14. The summed E-state index contributed by atoms with van der Waals surface area (Å²) in [5, 5.41) is 18.6. The maximum Gasteiger partial charge on any atom is 0.309 e. The molecule has 2 saturated carbocycles. The van der Waals surface area contributed by atoms with Crippen LogP contribution >= 0.6 is 0 Å². The van der Waals surface area contributed by atoms with Crippen LogP contribution in [0.2, 0.25) is 0 Å². The van der Waals surface area contributed by atoms with E-state index in [9.17, 15) is 19.8 Å². The van der Waals surface area contributed by atoms with Crippen LogP contribution < -0.4 is 0 Å². The van der Waals surface area contributed by atoms with E-state index in [1.165, 1.54) is 22.3 Å². The van der Waals surface area contributed by atoms with Crippen molar-refractivity contribution in [3.63, 3.8) is 0 Å². The molecular weight excluding hydrogens is 376 g/mol. The number of aryl methyl sites for hydroxylation is 2. The molecule has 0 saturated heterocycles. The van der Waals surface area contributed by atoms with Gasteiger partial charge in [-0.2, -0.15) is 0 Å². The van der Waals surface area contributed by atoms with Gasteiger partial charge in [0.05, 0.1) is 10.8 Å². The first-order chi connectivity index (χ1) is 14.3. The maximum atomic E-state index is 11.3. The summed E-state index contributed by atoms with van der Waals surface area (Å²) in [6, 6.07) is 4.50. The highest BCUT2D eigenvalue weighted by molar-refractivity contribution is 5.78. The normalized spacial score (nSPS) is 18.2. The maximum absolute atomic E-state index is 11.3. The number of aliphatic carboxylic acids is 2. The predicted molar refractivity (Wildman–Crippen MR) is 119 cm³/mol. The van der Waals surface area contributed by atoms with Gasteiger partial charge in [-0.1, -0.05) is 37.8 Å². The zero-order valence-electron chi connectivity index (χ0n) is 18.8. The van der Waals surface area contributed by atoms with Gasteiger partial charge in [0.2, 0.25) is 0 Å². The molecule has 4 nitrogen and oxygen atoms in total. The second kappa shape index (κ2) is 9.53. The predicted octanol–water partition coefficient (Wildman–Crippen LogP) is 6.24. The first-order valence-corrected chi connectivity index (χ1v) is 11.8. The van der Waals surface area contributed by atoms with Crippen LogP contribution in [0.4, 0.5) is 0 Å². The van der Waals surface area contributed by atoms with Crippen molar-refractivity contribution in [2.24, 2.45) is 10.8 Å². The Balaban J connectivity index is 1.39. The lowest BCUT2D eigenvalue weighted by atomic mass is 9.90. The number of unbranched alkanes of at least 4 members (excludes halogenated alkanes) is 4. The monoisotopic (exact) mass is 414 g/mol. The van der Waals surface area contributed by atoms with Gasteiger partial charge < -0.3 is 10.2 Å². The Bertz CT molecular complexity index is 771. The molecule has 2 N–H and O–H groups in total. The Morgan fingerprint density at radius 3 is 1.73 bits per heavy atom. The molecule has 0 radical (unpaired) electrons. The summed E-state index contributed by atoms with van der Waals surface area (Å²) in [4.78, 5) is 22.5. The number of carbonyl (C=O) groups is 2. The zero-order chi connectivity index (χ0) is 21.8. The van der Waals surface area contributed by atoms with E-state index in [1.807, 2.05) is 0 Å². The molecule has 0 amide bonds. The highest BCUT2D eigenvalue weighted by atomic mass is 16.4. The van der Waals surface area contributed by atoms with Crippen molar-refractivity contribution in [3.05, 3.63) is 34.4 Å². The van der Waals surface area contributed by atoms with Gasteiger partial charge in [0.15, 0.2) is 0 Å². The van der Waals surface area contributed by atoms with Gasteiger partial charge in [0, 0.05) is 0 Å². The first-order valence-electron chi connectivity index (χ1n) is 11.8. The van der Waals surface area contributed by atoms with Crippen LogP contribution in [0.25, 0.3) is 0 Å². The molecule has 0 bridgehead atoms. The zero-order valence-corrected chi connectivity index (χ0v) is 18.8. The Labute approximate surface area is 181 Å². The second-order valence-corrected chi connectivity index (χ2v) is 9.94. The minimum absolute atomic E-state index is 0.378. The van der Waals surface area contributed by atoms with Crippen LogP contribution in [-0.4, -0.2) is 22.2 Å². The minimum atomic E-state index is -0.600. The largest absolute Gasteiger partial charge is 0.481 e. The quantitative estimate of drug-likeness (QED) is 0.353. The van der Waals surface area contributed by atoms with Gasteiger partial charge in [-0.15, -0.1) is 0 Å². The van der Waals surface area contributed by atoms with Crippen LogP contribution in [0, 0.1) is 24.7 Å². The number of hydrogen-bond acceptors (Lipinski definition) is 2. The number of carboxylic acid groups (broad SMARTS) is 2. The summed E-state index contributed by atoms with van der Waals surface area (Å²) in [6.07, 6.45) is 13.7. The average Bonchev–Trinajstić information content (AvgIpc) is 3.60. The molecule has 0 spiro atoms. The van der Waals surface area contributed by atoms with E-state index in [-0.39, 0.29) is 10.8 Å². The third-order valence-electron chi connectivity index (χ3n) is 7.74. The van der Waals surface area contributed by atoms with Gasteiger partial charge in [0.1, 0.15) is 0 Å². The second-order valence-electron chi connectivity index (χ2n) is 9.94. The van der Waals surface area contributed by atoms with E-state index in [2.05, 4.69) is 26.0 Å². The van der Waals surface area contributed by atoms with Crippen molar-refractivity contribution in [1.29, 1.82) is 0 Å². The SMILES string of the molecule is Cc1ccc(CCCCCC2(C(=O)O)CC2)c(C)c1CCCCCC1(C(=O)O)CC1. The number of benzene rings is 1.